The fraction of sp³-hybridized carbons (Fsp3) is 0.714. The number of aromatic nitrogens is 1. The van der Waals surface area contributed by atoms with Crippen LogP contribution in [0.25, 0.3) is 0 Å². The molecular weight excluding hydrogens is 262 g/mol. The molecule has 1 aromatic rings. The largest absolute Gasteiger partial charge is 0.481 e. The number of carboxylic acids is 1. The van der Waals surface area contributed by atoms with Crippen LogP contribution in [-0.2, 0) is 21.4 Å². The van der Waals surface area contributed by atoms with Crippen molar-refractivity contribution in [3.05, 3.63) is 16.1 Å². The summed E-state index contributed by atoms with van der Waals surface area (Å²) in [6, 6.07) is 0. The fourth-order valence-electron chi connectivity index (χ4n) is 2.38. The Morgan fingerprint density at radius 1 is 1.63 bits per heavy atom. The summed E-state index contributed by atoms with van der Waals surface area (Å²) in [5.41, 5.74) is 0.218. The molecule has 2 atom stereocenters. The molecule has 0 bridgehead atoms. The van der Waals surface area contributed by atoms with E-state index in [-0.39, 0.29) is 11.5 Å². The second kappa shape index (κ2) is 4.87. The van der Waals surface area contributed by atoms with Crippen molar-refractivity contribution in [3.8, 4) is 0 Å². The van der Waals surface area contributed by atoms with Gasteiger partial charge in [-0.25, -0.2) is 4.98 Å². The van der Waals surface area contributed by atoms with Crippen LogP contribution < -0.4 is 0 Å². The maximum Gasteiger partial charge on any atom is 0.312 e. The summed E-state index contributed by atoms with van der Waals surface area (Å²) in [4.78, 5) is 16.2. The minimum atomic E-state index is -0.812. The van der Waals surface area contributed by atoms with E-state index < -0.39 is 11.4 Å². The molecule has 0 amide bonds. The van der Waals surface area contributed by atoms with Gasteiger partial charge in [-0.15, -0.1) is 11.3 Å². The first kappa shape index (κ1) is 14.5. The van der Waals surface area contributed by atoms with Crippen molar-refractivity contribution >= 4 is 17.3 Å². The molecule has 2 heterocycles. The Labute approximate surface area is 117 Å². The fourth-order valence-corrected chi connectivity index (χ4v) is 3.52. The average Bonchev–Trinajstić information content (AvgIpc) is 2.87. The Hall–Kier alpha value is -0.940. The summed E-state index contributed by atoms with van der Waals surface area (Å²) < 4.78 is 5.47. The van der Waals surface area contributed by atoms with E-state index in [1.807, 2.05) is 12.3 Å². The molecule has 2 rings (SSSR count). The van der Waals surface area contributed by atoms with E-state index >= 15 is 0 Å². The lowest BCUT2D eigenvalue weighted by molar-refractivity contribution is -0.151. The Balaban J connectivity index is 2.24. The summed E-state index contributed by atoms with van der Waals surface area (Å²) in [5, 5.41) is 12.5. The third-order valence-corrected chi connectivity index (χ3v) is 4.76. The average molecular weight is 283 g/mol. The molecular formula is C14H21NO3S. The number of carboxylic acid groups (broad SMARTS) is 1. The SMILES string of the molecule is CC1OCCC1(Cc1nc(C(C)(C)C)cs1)C(=O)O. The van der Waals surface area contributed by atoms with Gasteiger partial charge in [0.2, 0.25) is 0 Å². The van der Waals surface area contributed by atoms with Crippen LogP contribution in [0.3, 0.4) is 0 Å². The Morgan fingerprint density at radius 3 is 2.74 bits per heavy atom. The molecule has 0 aliphatic carbocycles. The maximum atomic E-state index is 11.6. The van der Waals surface area contributed by atoms with Crippen molar-refractivity contribution in [3.63, 3.8) is 0 Å². The van der Waals surface area contributed by atoms with Gasteiger partial charge in [-0.3, -0.25) is 4.79 Å². The standard InChI is InChI=1S/C14H21NO3S/c1-9-14(12(16)17,5-6-18-9)7-11-15-10(8-19-11)13(2,3)4/h8-9H,5-7H2,1-4H3,(H,16,17). The lowest BCUT2D eigenvalue weighted by Crippen LogP contribution is -2.39. The van der Waals surface area contributed by atoms with Gasteiger partial charge in [0, 0.05) is 23.8 Å². The highest BCUT2D eigenvalue weighted by atomic mass is 32.1. The van der Waals surface area contributed by atoms with Crippen LogP contribution in [0.4, 0.5) is 0 Å². The zero-order chi connectivity index (χ0) is 14.3. The first-order valence-electron chi connectivity index (χ1n) is 6.55. The van der Waals surface area contributed by atoms with E-state index in [0.717, 1.165) is 10.7 Å². The van der Waals surface area contributed by atoms with E-state index in [2.05, 4.69) is 25.8 Å². The van der Waals surface area contributed by atoms with Crippen molar-refractivity contribution in [2.24, 2.45) is 5.41 Å². The molecule has 1 fully saturated rings. The minimum Gasteiger partial charge on any atom is -0.481 e. The van der Waals surface area contributed by atoms with Crippen molar-refractivity contribution < 1.29 is 14.6 Å². The molecule has 1 saturated heterocycles. The second-order valence-electron chi connectivity index (χ2n) is 6.28. The molecule has 1 aliphatic rings. The van der Waals surface area contributed by atoms with E-state index in [4.69, 9.17) is 4.74 Å². The predicted octanol–water partition coefficient (Wildman–Crippen LogP) is 2.86. The van der Waals surface area contributed by atoms with Crippen LogP contribution in [0.2, 0.25) is 0 Å². The highest BCUT2D eigenvalue weighted by molar-refractivity contribution is 7.09. The third-order valence-electron chi connectivity index (χ3n) is 3.91. The molecule has 106 valence electrons. The molecule has 4 nitrogen and oxygen atoms in total. The number of hydrogen-bond donors (Lipinski definition) is 1. The highest BCUT2D eigenvalue weighted by Gasteiger charge is 2.49. The number of carbonyl (C=O) groups is 1. The van der Waals surface area contributed by atoms with Gasteiger partial charge in [-0.2, -0.15) is 0 Å². The second-order valence-corrected chi connectivity index (χ2v) is 7.22. The maximum absolute atomic E-state index is 11.6. The summed E-state index contributed by atoms with van der Waals surface area (Å²) in [6.07, 6.45) is 0.769. The number of nitrogens with zero attached hydrogens (tertiary/aromatic N) is 1. The summed E-state index contributed by atoms with van der Waals surface area (Å²) in [7, 11) is 0. The number of ether oxygens (including phenoxy) is 1. The molecule has 19 heavy (non-hydrogen) atoms. The van der Waals surface area contributed by atoms with E-state index in [1.165, 1.54) is 0 Å². The van der Waals surface area contributed by atoms with E-state index in [0.29, 0.717) is 19.4 Å². The molecule has 0 aromatic carbocycles. The van der Waals surface area contributed by atoms with Gasteiger partial charge >= 0.3 is 5.97 Å². The molecule has 0 saturated carbocycles. The van der Waals surface area contributed by atoms with Crippen LogP contribution in [-0.4, -0.2) is 28.8 Å². The van der Waals surface area contributed by atoms with E-state index in [1.54, 1.807) is 11.3 Å². The van der Waals surface area contributed by atoms with Crippen LogP contribution >= 0.6 is 11.3 Å². The van der Waals surface area contributed by atoms with E-state index in [9.17, 15) is 9.90 Å². The van der Waals surface area contributed by atoms with Gasteiger partial charge in [-0.05, 0) is 13.3 Å². The lowest BCUT2D eigenvalue weighted by Gasteiger charge is -2.26. The highest BCUT2D eigenvalue weighted by Crippen LogP contribution is 2.39. The summed E-state index contributed by atoms with van der Waals surface area (Å²) >= 11 is 1.55. The van der Waals surface area contributed by atoms with Gasteiger partial charge in [0.15, 0.2) is 0 Å². The van der Waals surface area contributed by atoms with Gasteiger partial charge in [0.05, 0.1) is 16.8 Å². The molecule has 5 heteroatoms. The smallest absolute Gasteiger partial charge is 0.312 e. The Bertz CT molecular complexity index is 477. The normalized spacial score (nSPS) is 27.7. The number of thiazole rings is 1. The monoisotopic (exact) mass is 283 g/mol. The lowest BCUT2D eigenvalue weighted by atomic mass is 9.79. The molecule has 0 spiro atoms. The zero-order valence-corrected chi connectivity index (χ0v) is 12.7. The van der Waals surface area contributed by atoms with Crippen molar-refractivity contribution in [2.45, 2.75) is 52.1 Å². The predicted molar refractivity (Wildman–Crippen MR) is 74.6 cm³/mol. The topological polar surface area (TPSA) is 59.4 Å². The first-order valence-corrected chi connectivity index (χ1v) is 7.43. The Kier molecular flexibility index (Phi) is 3.71. The number of aliphatic carboxylic acids is 1. The van der Waals surface area contributed by atoms with Gasteiger partial charge in [0.25, 0.3) is 0 Å². The van der Waals surface area contributed by atoms with Crippen molar-refractivity contribution in [2.75, 3.05) is 6.61 Å². The molecule has 0 radical (unpaired) electrons. The zero-order valence-electron chi connectivity index (χ0n) is 11.9. The van der Waals surface area contributed by atoms with Crippen LogP contribution in [0, 0.1) is 5.41 Å². The van der Waals surface area contributed by atoms with Crippen LogP contribution in [0.5, 0.6) is 0 Å². The first-order chi connectivity index (χ1) is 8.75. The van der Waals surface area contributed by atoms with Crippen molar-refractivity contribution in [1.29, 1.82) is 0 Å². The summed E-state index contributed by atoms with van der Waals surface area (Å²) in [5.74, 6) is -0.773. The number of rotatable bonds is 3. The van der Waals surface area contributed by atoms with Crippen LogP contribution in [0.15, 0.2) is 5.38 Å². The van der Waals surface area contributed by atoms with Crippen LogP contribution in [0.1, 0.15) is 44.8 Å². The quantitative estimate of drug-likeness (QED) is 0.926. The molecule has 1 aliphatic heterocycles. The molecule has 1 N–H and O–H groups in total. The molecule has 2 unspecified atom stereocenters. The van der Waals surface area contributed by atoms with Gasteiger partial charge < -0.3 is 9.84 Å². The summed E-state index contributed by atoms with van der Waals surface area (Å²) in [6.45, 7) is 8.70. The molecule has 1 aromatic heterocycles. The van der Waals surface area contributed by atoms with Crippen molar-refractivity contribution in [1.82, 2.24) is 4.98 Å². The third kappa shape index (κ3) is 2.67. The Morgan fingerprint density at radius 2 is 2.32 bits per heavy atom. The van der Waals surface area contributed by atoms with Gasteiger partial charge in [0.1, 0.15) is 5.41 Å². The minimum absolute atomic E-state index is 0.00291. The number of hydrogen-bond acceptors (Lipinski definition) is 4. The van der Waals surface area contributed by atoms with Gasteiger partial charge in [-0.1, -0.05) is 20.8 Å².